The molecule has 0 bridgehead atoms. The van der Waals surface area contributed by atoms with Crippen molar-refractivity contribution in [3.63, 3.8) is 0 Å². The van der Waals surface area contributed by atoms with E-state index < -0.39 is 11.6 Å². The van der Waals surface area contributed by atoms with Gasteiger partial charge in [-0.05, 0) is 23.3 Å². The molecule has 1 amide bonds. The summed E-state index contributed by atoms with van der Waals surface area (Å²) in [6.45, 7) is 1.02. The predicted molar refractivity (Wildman–Crippen MR) is 91.0 cm³/mol. The van der Waals surface area contributed by atoms with Crippen molar-refractivity contribution in [3.8, 4) is 0 Å². The van der Waals surface area contributed by atoms with Gasteiger partial charge >= 0.3 is 0 Å². The molecule has 2 aromatic carbocycles. The molecule has 2 aromatic rings. The number of rotatable bonds is 3. The van der Waals surface area contributed by atoms with E-state index in [1.165, 1.54) is 6.07 Å². The number of hydrogen-bond acceptors (Lipinski definition) is 2. The summed E-state index contributed by atoms with van der Waals surface area (Å²) in [6.07, 6.45) is 0.0471. The van der Waals surface area contributed by atoms with Crippen LogP contribution in [0.25, 0.3) is 0 Å². The lowest BCUT2D eigenvalue weighted by Gasteiger charge is -2.16. The Kier molecular flexibility index (Phi) is 5.91. The van der Waals surface area contributed by atoms with Crippen LogP contribution in [0.15, 0.2) is 48.5 Å². The average molecular weight is 353 g/mol. The maximum atomic E-state index is 13.2. The third-order valence-electron chi connectivity index (χ3n) is 4.28. The number of benzene rings is 2. The highest BCUT2D eigenvalue weighted by Crippen LogP contribution is 2.26. The number of nitrogens with two attached hydrogens (primary N) is 1. The molecule has 0 unspecified atom stereocenters. The van der Waals surface area contributed by atoms with Crippen LogP contribution in [-0.4, -0.2) is 29.9 Å². The van der Waals surface area contributed by atoms with Crippen molar-refractivity contribution in [2.24, 2.45) is 5.73 Å². The molecule has 1 heterocycles. The largest absolute Gasteiger partial charge is 0.340 e. The maximum Gasteiger partial charge on any atom is 0.227 e. The molecule has 128 valence electrons. The first-order chi connectivity index (χ1) is 11.0. The Labute approximate surface area is 145 Å². The van der Waals surface area contributed by atoms with Crippen molar-refractivity contribution in [1.82, 2.24) is 4.90 Å². The predicted octanol–water partition coefficient (Wildman–Crippen LogP) is 2.88. The van der Waals surface area contributed by atoms with Gasteiger partial charge in [0.1, 0.15) is 0 Å². The van der Waals surface area contributed by atoms with E-state index in [9.17, 15) is 13.6 Å². The van der Waals surface area contributed by atoms with E-state index in [4.69, 9.17) is 5.73 Å². The summed E-state index contributed by atoms with van der Waals surface area (Å²) in [5, 5.41) is 0. The van der Waals surface area contributed by atoms with Crippen LogP contribution in [0.3, 0.4) is 0 Å². The van der Waals surface area contributed by atoms with Crippen LogP contribution in [0, 0.1) is 11.6 Å². The first kappa shape index (κ1) is 18.4. The molecule has 2 N–H and O–H groups in total. The van der Waals surface area contributed by atoms with Gasteiger partial charge in [0.05, 0.1) is 6.42 Å². The van der Waals surface area contributed by atoms with Crippen molar-refractivity contribution in [2.75, 3.05) is 13.1 Å². The fraction of sp³-hybridized carbons (Fsp3) is 0.278. The zero-order valence-electron chi connectivity index (χ0n) is 13.0. The third kappa shape index (κ3) is 3.91. The number of carbonyl (C=O) groups excluding carboxylic acids is 1. The van der Waals surface area contributed by atoms with Crippen molar-refractivity contribution in [1.29, 1.82) is 0 Å². The zero-order valence-corrected chi connectivity index (χ0v) is 13.8. The van der Waals surface area contributed by atoms with E-state index in [-0.39, 0.29) is 36.7 Å². The highest BCUT2D eigenvalue weighted by atomic mass is 35.5. The minimum Gasteiger partial charge on any atom is -0.340 e. The van der Waals surface area contributed by atoms with Crippen molar-refractivity contribution >= 4 is 18.3 Å². The van der Waals surface area contributed by atoms with Gasteiger partial charge in [-0.3, -0.25) is 4.79 Å². The van der Waals surface area contributed by atoms with Gasteiger partial charge in [-0.15, -0.1) is 12.4 Å². The van der Waals surface area contributed by atoms with Crippen molar-refractivity contribution in [2.45, 2.75) is 18.4 Å². The summed E-state index contributed by atoms with van der Waals surface area (Å²) in [5.41, 5.74) is 7.75. The number of nitrogens with zero attached hydrogens (tertiary/aromatic N) is 1. The van der Waals surface area contributed by atoms with E-state index in [1.54, 1.807) is 4.90 Å². The summed E-state index contributed by atoms with van der Waals surface area (Å²) < 4.78 is 26.2. The maximum absolute atomic E-state index is 13.2. The first-order valence-electron chi connectivity index (χ1n) is 7.57. The molecule has 0 radical (unpaired) electrons. The minimum atomic E-state index is -0.935. The Bertz CT molecular complexity index is 711. The Morgan fingerprint density at radius 2 is 1.79 bits per heavy atom. The van der Waals surface area contributed by atoms with E-state index in [0.717, 1.165) is 17.7 Å². The Morgan fingerprint density at radius 3 is 2.46 bits per heavy atom. The average Bonchev–Trinajstić information content (AvgIpc) is 2.94. The highest BCUT2D eigenvalue weighted by molar-refractivity contribution is 5.85. The van der Waals surface area contributed by atoms with Gasteiger partial charge in [0.25, 0.3) is 0 Å². The van der Waals surface area contributed by atoms with E-state index in [0.29, 0.717) is 18.7 Å². The summed E-state index contributed by atoms with van der Waals surface area (Å²) >= 11 is 0. The normalized spacial score (nSPS) is 19.9. The lowest BCUT2D eigenvalue weighted by molar-refractivity contribution is -0.129. The molecule has 1 saturated heterocycles. The standard InChI is InChI=1S/C18H18F2N2O.ClH/c19-15-7-6-12(8-16(15)20)9-18(23)22-10-14(17(21)11-22)13-4-2-1-3-5-13;/h1-8,14,17H,9-11,21H2;1H/t14-,17+;/m0./s1. The molecule has 2 atom stereocenters. The molecular formula is C18H19ClF2N2O. The van der Waals surface area contributed by atoms with E-state index in [2.05, 4.69) is 0 Å². The summed E-state index contributed by atoms with van der Waals surface area (Å²) in [7, 11) is 0. The fourth-order valence-electron chi connectivity index (χ4n) is 3.02. The lowest BCUT2D eigenvalue weighted by atomic mass is 9.95. The van der Waals surface area contributed by atoms with Crippen LogP contribution in [0.4, 0.5) is 8.78 Å². The highest BCUT2D eigenvalue weighted by Gasteiger charge is 2.33. The Balaban J connectivity index is 0.00000208. The second-order valence-corrected chi connectivity index (χ2v) is 5.90. The van der Waals surface area contributed by atoms with E-state index in [1.807, 2.05) is 30.3 Å². The van der Waals surface area contributed by atoms with Gasteiger partial charge in [0, 0.05) is 25.0 Å². The van der Waals surface area contributed by atoms with Crippen LogP contribution in [0.1, 0.15) is 17.0 Å². The second-order valence-electron chi connectivity index (χ2n) is 5.90. The van der Waals surface area contributed by atoms with Gasteiger partial charge in [0.15, 0.2) is 11.6 Å². The van der Waals surface area contributed by atoms with Gasteiger partial charge < -0.3 is 10.6 Å². The topological polar surface area (TPSA) is 46.3 Å². The van der Waals surface area contributed by atoms with Gasteiger partial charge in [-0.1, -0.05) is 36.4 Å². The molecule has 0 aromatic heterocycles. The molecule has 0 spiro atoms. The third-order valence-corrected chi connectivity index (χ3v) is 4.28. The summed E-state index contributed by atoms with van der Waals surface area (Å²) in [4.78, 5) is 14.1. The van der Waals surface area contributed by atoms with Crippen LogP contribution in [0.5, 0.6) is 0 Å². The molecule has 1 aliphatic rings. The quantitative estimate of drug-likeness (QED) is 0.923. The Morgan fingerprint density at radius 1 is 1.08 bits per heavy atom. The smallest absolute Gasteiger partial charge is 0.227 e. The molecule has 1 aliphatic heterocycles. The van der Waals surface area contributed by atoms with Crippen molar-refractivity contribution < 1.29 is 13.6 Å². The van der Waals surface area contributed by atoms with Crippen molar-refractivity contribution in [3.05, 3.63) is 71.3 Å². The Hall–Kier alpha value is -1.98. The number of amides is 1. The lowest BCUT2D eigenvalue weighted by Crippen LogP contribution is -2.33. The molecule has 1 fully saturated rings. The first-order valence-corrected chi connectivity index (χ1v) is 7.57. The van der Waals surface area contributed by atoms with Crippen LogP contribution < -0.4 is 5.73 Å². The van der Waals surface area contributed by atoms with Gasteiger partial charge in [-0.25, -0.2) is 8.78 Å². The minimum absolute atomic E-state index is 0. The van der Waals surface area contributed by atoms with E-state index >= 15 is 0 Å². The molecule has 24 heavy (non-hydrogen) atoms. The molecule has 6 heteroatoms. The molecule has 0 saturated carbocycles. The molecule has 3 nitrogen and oxygen atoms in total. The fourth-order valence-corrected chi connectivity index (χ4v) is 3.02. The number of likely N-dealkylation sites (tertiary alicyclic amines) is 1. The monoisotopic (exact) mass is 352 g/mol. The number of halogens is 3. The SMILES string of the molecule is Cl.N[C@@H]1CN(C(=O)Cc2ccc(F)c(F)c2)C[C@H]1c1ccccc1. The summed E-state index contributed by atoms with van der Waals surface area (Å²) in [5.74, 6) is -1.86. The van der Waals surface area contributed by atoms with Crippen LogP contribution >= 0.6 is 12.4 Å². The molecule has 3 rings (SSSR count). The van der Waals surface area contributed by atoms with Gasteiger partial charge in [0.2, 0.25) is 5.91 Å². The molecular weight excluding hydrogens is 334 g/mol. The second kappa shape index (κ2) is 7.73. The molecule has 0 aliphatic carbocycles. The number of carbonyl (C=O) groups is 1. The van der Waals surface area contributed by atoms with Crippen LogP contribution in [0.2, 0.25) is 0 Å². The summed E-state index contributed by atoms with van der Waals surface area (Å²) in [6, 6.07) is 13.3. The van der Waals surface area contributed by atoms with Gasteiger partial charge in [-0.2, -0.15) is 0 Å². The zero-order chi connectivity index (χ0) is 16.4. The number of hydrogen-bond donors (Lipinski definition) is 1. The van der Waals surface area contributed by atoms with Crippen LogP contribution in [-0.2, 0) is 11.2 Å².